The lowest BCUT2D eigenvalue weighted by molar-refractivity contribution is 1.41. The van der Waals surface area contributed by atoms with Gasteiger partial charge in [0.2, 0.25) is 0 Å². The van der Waals surface area contributed by atoms with Gasteiger partial charge >= 0.3 is 0 Å². The summed E-state index contributed by atoms with van der Waals surface area (Å²) in [7, 11) is 0. The van der Waals surface area contributed by atoms with Gasteiger partial charge < -0.3 is 0 Å². The fourth-order valence-electron chi connectivity index (χ4n) is 1.58. The van der Waals surface area contributed by atoms with Gasteiger partial charge in [-0.2, -0.15) is 0 Å². The monoisotopic (exact) mass is 186 g/mol. The third kappa shape index (κ3) is 1.56. The van der Waals surface area contributed by atoms with Crippen molar-refractivity contribution in [2.24, 2.45) is 0 Å². The van der Waals surface area contributed by atoms with Crippen LogP contribution in [0.25, 0.3) is 11.1 Å². The van der Waals surface area contributed by atoms with Gasteiger partial charge in [-0.05, 0) is 36.1 Å². The molecule has 0 unspecified atom stereocenters. The Balaban J connectivity index is 2.77. The summed E-state index contributed by atoms with van der Waals surface area (Å²) in [6, 6.07) is 12.2. The number of aryl methyl sites for hydroxylation is 2. The van der Waals surface area contributed by atoms with Gasteiger partial charge in [0.15, 0.2) is 0 Å². The Kier molecular flexibility index (Phi) is 1.79. The molecular formula is C14H14. The molecular weight excluding hydrogens is 168 g/mol. The topological polar surface area (TPSA) is 0 Å². The fraction of sp³-hybridized carbons (Fsp3) is 0.143. The average Bonchev–Trinajstić information content (AvgIpc) is 2.21. The lowest BCUT2D eigenvalue weighted by Gasteiger charge is -2.08. The van der Waals surface area contributed by atoms with E-state index in [0.717, 1.165) is 22.3 Å². The molecule has 0 atom stereocenters. The minimum Gasteiger partial charge on any atom is -0.0620 e. The van der Waals surface area contributed by atoms with Crippen LogP contribution in [-0.4, -0.2) is 0 Å². The van der Waals surface area contributed by atoms with E-state index in [4.69, 9.17) is 2.74 Å². The Morgan fingerprint density at radius 3 is 1.57 bits per heavy atom. The van der Waals surface area contributed by atoms with Crippen molar-refractivity contribution in [3.8, 4) is 11.1 Å². The van der Waals surface area contributed by atoms with Crippen molar-refractivity contribution in [3.05, 3.63) is 59.6 Å². The quantitative estimate of drug-likeness (QED) is 0.632. The number of benzene rings is 2. The number of hydrogen-bond donors (Lipinski definition) is 0. The molecule has 70 valence electrons. The summed E-state index contributed by atoms with van der Waals surface area (Å²) < 4.78 is 15.9. The average molecular weight is 186 g/mol. The maximum absolute atomic E-state index is 7.96. The Hall–Kier alpha value is -1.56. The van der Waals surface area contributed by atoms with Gasteiger partial charge in [0.05, 0.1) is 2.74 Å². The van der Waals surface area contributed by atoms with E-state index in [1.54, 1.807) is 12.1 Å². The van der Waals surface area contributed by atoms with Crippen LogP contribution in [0.4, 0.5) is 0 Å². The Morgan fingerprint density at radius 1 is 0.786 bits per heavy atom. The molecule has 0 heteroatoms. The molecule has 0 amide bonds. The predicted molar refractivity (Wildman–Crippen MR) is 61.4 cm³/mol. The highest BCUT2D eigenvalue weighted by Crippen LogP contribution is 2.25. The van der Waals surface area contributed by atoms with Crippen LogP contribution in [0.3, 0.4) is 0 Å². The second-order valence-corrected chi connectivity index (χ2v) is 3.46. The van der Waals surface area contributed by atoms with Gasteiger partial charge in [0.1, 0.15) is 0 Å². The highest BCUT2D eigenvalue weighted by atomic mass is 14.1. The highest BCUT2D eigenvalue weighted by molar-refractivity contribution is 5.70. The standard InChI is InChI=1S/C14H14/c1-11-7-3-5-9-13(11)14-10-6-4-8-12(14)2/h3-10H,1-2H3/i9T,10T. The molecule has 0 heterocycles. The molecule has 0 bridgehead atoms. The summed E-state index contributed by atoms with van der Waals surface area (Å²) in [5, 5.41) is 0. The van der Waals surface area contributed by atoms with Crippen LogP contribution in [0, 0.1) is 13.8 Å². The zero-order valence-corrected chi connectivity index (χ0v) is 8.46. The van der Waals surface area contributed by atoms with Crippen LogP contribution >= 0.6 is 0 Å². The smallest absolute Gasteiger partial charge is 0.0620 e. The molecule has 2 aromatic carbocycles. The van der Waals surface area contributed by atoms with Crippen molar-refractivity contribution in [1.82, 2.24) is 0 Å². The molecule has 2 rings (SSSR count). The van der Waals surface area contributed by atoms with Crippen molar-refractivity contribution in [2.45, 2.75) is 13.8 Å². The van der Waals surface area contributed by atoms with Gasteiger partial charge in [-0.3, -0.25) is 0 Å². The van der Waals surface area contributed by atoms with E-state index in [2.05, 4.69) is 0 Å². The summed E-state index contributed by atoms with van der Waals surface area (Å²) in [5.41, 5.74) is 3.86. The normalized spacial score (nSPS) is 12.1. The third-order valence-corrected chi connectivity index (χ3v) is 2.38. The molecule has 2 aromatic rings. The molecule has 14 heavy (non-hydrogen) atoms. The summed E-state index contributed by atoms with van der Waals surface area (Å²) >= 11 is 0. The van der Waals surface area contributed by atoms with Crippen LogP contribution < -0.4 is 0 Å². The van der Waals surface area contributed by atoms with Crippen molar-refractivity contribution >= 4 is 0 Å². The lowest BCUT2D eigenvalue weighted by atomic mass is 9.97. The maximum Gasteiger partial charge on any atom is 0.0629 e. The van der Waals surface area contributed by atoms with Gasteiger partial charge in [-0.15, -0.1) is 0 Å². The first-order valence-electron chi connectivity index (χ1n) is 5.74. The Labute approximate surface area is 88.0 Å². The summed E-state index contributed by atoms with van der Waals surface area (Å²) in [6.07, 6.45) is 0. The summed E-state index contributed by atoms with van der Waals surface area (Å²) in [5.74, 6) is 0. The van der Waals surface area contributed by atoms with Gasteiger partial charge in [-0.1, -0.05) is 48.5 Å². The van der Waals surface area contributed by atoms with Crippen molar-refractivity contribution in [1.29, 1.82) is 0 Å². The first kappa shape index (κ1) is 6.83. The highest BCUT2D eigenvalue weighted by Gasteiger charge is 2.02. The predicted octanol–water partition coefficient (Wildman–Crippen LogP) is 3.97. The fourth-order valence-corrected chi connectivity index (χ4v) is 1.58. The minimum atomic E-state index is 0.489. The maximum atomic E-state index is 7.96. The lowest BCUT2D eigenvalue weighted by Crippen LogP contribution is -1.85. The van der Waals surface area contributed by atoms with Gasteiger partial charge in [-0.25, -0.2) is 0 Å². The third-order valence-electron chi connectivity index (χ3n) is 2.38. The van der Waals surface area contributed by atoms with E-state index in [1.165, 1.54) is 0 Å². The summed E-state index contributed by atoms with van der Waals surface area (Å²) in [4.78, 5) is 0. The molecule has 0 aliphatic heterocycles. The SMILES string of the molecule is [3H]c1cccc(C)c1-c1c([3H])cccc1C. The van der Waals surface area contributed by atoms with E-state index in [9.17, 15) is 0 Å². The Bertz CT molecular complexity index is 440. The van der Waals surface area contributed by atoms with Crippen molar-refractivity contribution in [2.75, 3.05) is 0 Å². The van der Waals surface area contributed by atoms with Crippen LogP contribution in [0.5, 0.6) is 0 Å². The summed E-state index contributed by atoms with van der Waals surface area (Å²) in [6.45, 7) is 3.97. The van der Waals surface area contributed by atoms with Crippen molar-refractivity contribution < 1.29 is 2.74 Å². The molecule has 0 aliphatic rings. The molecule has 0 aliphatic carbocycles. The molecule has 0 nitrogen and oxygen atoms in total. The van der Waals surface area contributed by atoms with E-state index in [1.807, 2.05) is 38.1 Å². The van der Waals surface area contributed by atoms with Crippen LogP contribution in [-0.2, 0) is 0 Å². The molecule has 0 saturated heterocycles. The van der Waals surface area contributed by atoms with Crippen LogP contribution in [0.15, 0.2) is 48.5 Å². The van der Waals surface area contributed by atoms with Gasteiger partial charge in [0.25, 0.3) is 0 Å². The zero-order chi connectivity index (χ0) is 11.7. The van der Waals surface area contributed by atoms with Crippen LogP contribution in [0.1, 0.15) is 13.9 Å². The molecule has 0 fully saturated rings. The molecule has 0 aromatic heterocycles. The molecule has 0 N–H and O–H groups in total. The van der Waals surface area contributed by atoms with E-state index in [-0.39, 0.29) is 0 Å². The largest absolute Gasteiger partial charge is 0.0629 e. The zero-order valence-electron chi connectivity index (χ0n) is 10.5. The molecule has 0 radical (unpaired) electrons. The number of rotatable bonds is 1. The number of hydrogen-bond acceptors (Lipinski definition) is 0. The van der Waals surface area contributed by atoms with E-state index < -0.39 is 0 Å². The van der Waals surface area contributed by atoms with Gasteiger partial charge in [0, 0.05) is 0 Å². The Morgan fingerprint density at radius 2 is 1.21 bits per heavy atom. The van der Waals surface area contributed by atoms with E-state index >= 15 is 0 Å². The second-order valence-electron chi connectivity index (χ2n) is 3.46. The minimum absolute atomic E-state index is 0.489. The molecule has 0 spiro atoms. The first-order chi connectivity index (χ1) is 7.61. The first-order valence-corrected chi connectivity index (χ1v) is 4.74. The van der Waals surface area contributed by atoms with Crippen molar-refractivity contribution in [3.63, 3.8) is 0 Å². The van der Waals surface area contributed by atoms with Crippen LogP contribution in [0.2, 0.25) is 0 Å². The van der Waals surface area contributed by atoms with E-state index in [0.29, 0.717) is 12.1 Å². The second kappa shape index (κ2) is 3.67. The molecule has 0 saturated carbocycles.